The quantitative estimate of drug-likeness (QED) is 0.604. The molecule has 1 aromatic heterocycles. The molecule has 0 spiro atoms. The monoisotopic (exact) mass is 206 g/mol. The highest BCUT2D eigenvalue weighted by atomic mass is 19.1. The van der Waals surface area contributed by atoms with Crippen molar-refractivity contribution in [1.82, 2.24) is 10.3 Å². The summed E-state index contributed by atoms with van der Waals surface area (Å²) in [6.45, 7) is 4.61. The first-order valence-electron chi connectivity index (χ1n) is 4.97. The zero-order chi connectivity index (χ0) is 11.1. The zero-order valence-corrected chi connectivity index (χ0v) is 9.05. The second-order valence-electron chi connectivity index (χ2n) is 3.29. The van der Waals surface area contributed by atoms with Gasteiger partial charge < -0.3 is 5.32 Å². The van der Waals surface area contributed by atoms with Crippen molar-refractivity contribution < 1.29 is 4.39 Å². The molecule has 2 nitrogen and oxygen atoms in total. The van der Waals surface area contributed by atoms with Crippen LogP contribution in [0, 0.1) is 17.7 Å². The van der Waals surface area contributed by atoms with Crippen molar-refractivity contribution in [2.24, 2.45) is 0 Å². The smallest absolute Gasteiger partial charge is 0.141 e. The van der Waals surface area contributed by atoms with Crippen molar-refractivity contribution in [1.29, 1.82) is 0 Å². The molecular weight excluding hydrogens is 191 g/mol. The minimum atomic E-state index is -0.297. The third kappa shape index (κ3) is 4.09. The fourth-order valence-corrected chi connectivity index (χ4v) is 1.26. The second-order valence-corrected chi connectivity index (χ2v) is 3.29. The summed E-state index contributed by atoms with van der Waals surface area (Å²) in [7, 11) is 0. The van der Waals surface area contributed by atoms with E-state index < -0.39 is 0 Å². The molecule has 0 aliphatic heterocycles. The zero-order valence-electron chi connectivity index (χ0n) is 9.05. The molecule has 0 aliphatic carbocycles. The van der Waals surface area contributed by atoms with Gasteiger partial charge in [0.25, 0.3) is 0 Å². The van der Waals surface area contributed by atoms with Crippen LogP contribution >= 0.6 is 0 Å². The summed E-state index contributed by atoms with van der Waals surface area (Å²) in [4.78, 5) is 3.81. The Bertz CT molecular complexity index is 365. The number of nitrogens with zero attached hydrogens (tertiary/aromatic N) is 1. The van der Waals surface area contributed by atoms with Gasteiger partial charge in [-0.1, -0.05) is 0 Å². The van der Waals surface area contributed by atoms with Gasteiger partial charge in [-0.15, -0.1) is 11.8 Å². The molecule has 0 bridgehead atoms. The Morgan fingerprint density at radius 2 is 2.33 bits per heavy atom. The summed E-state index contributed by atoms with van der Waals surface area (Å²) in [6, 6.07) is 1.60. The predicted octanol–water partition coefficient (Wildman–Crippen LogP) is 2.28. The maximum absolute atomic E-state index is 12.9. The van der Waals surface area contributed by atoms with Crippen LogP contribution in [0.1, 0.15) is 31.9 Å². The highest BCUT2D eigenvalue weighted by Crippen LogP contribution is 2.11. The average Bonchev–Trinajstić information content (AvgIpc) is 2.24. The SMILES string of the molecule is CC#CCCNC(C)c1cncc(F)c1. The first-order valence-corrected chi connectivity index (χ1v) is 4.97. The minimum absolute atomic E-state index is 0.104. The minimum Gasteiger partial charge on any atom is -0.309 e. The van der Waals surface area contributed by atoms with E-state index in [9.17, 15) is 4.39 Å². The van der Waals surface area contributed by atoms with Crippen molar-refractivity contribution in [2.75, 3.05) is 6.54 Å². The second kappa shape index (κ2) is 6.15. The maximum Gasteiger partial charge on any atom is 0.141 e. The van der Waals surface area contributed by atoms with Gasteiger partial charge in [0.2, 0.25) is 0 Å². The largest absolute Gasteiger partial charge is 0.309 e. The molecule has 1 N–H and O–H groups in total. The van der Waals surface area contributed by atoms with Crippen LogP contribution < -0.4 is 5.32 Å². The predicted molar refractivity (Wildman–Crippen MR) is 58.7 cm³/mol. The lowest BCUT2D eigenvalue weighted by atomic mass is 10.1. The number of hydrogen-bond donors (Lipinski definition) is 1. The van der Waals surface area contributed by atoms with E-state index in [2.05, 4.69) is 22.1 Å². The van der Waals surface area contributed by atoms with Crippen molar-refractivity contribution in [3.63, 3.8) is 0 Å². The first-order chi connectivity index (χ1) is 7.24. The van der Waals surface area contributed by atoms with Gasteiger partial charge in [0.15, 0.2) is 0 Å². The van der Waals surface area contributed by atoms with Crippen molar-refractivity contribution >= 4 is 0 Å². The average molecular weight is 206 g/mol. The molecule has 15 heavy (non-hydrogen) atoms. The van der Waals surface area contributed by atoms with E-state index in [0.717, 1.165) is 18.5 Å². The van der Waals surface area contributed by atoms with Gasteiger partial charge in [-0.3, -0.25) is 4.98 Å². The van der Waals surface area contributed by atoms with Gasteiger partial charge in [-0.25, -0.2) is 4.39 Å². The van der Waals surface area contributed by atoms with E-state index >= 15 is 0 Å². The van der Waals surface area contributed by atoms with Gasteiger partial charge in [0, 0.05) is 25.2 Å². The van der Waals surface area contributed by atoms with E-state index in [-0.39, 0.29) is 11.9 Å². The van der Waals surface area contributed by atoms with Crippen LogP contribution in [0.3, 0.4) is 0 Å². The van der Waals surface area contributed by atoms with Gasteiger partial charge in [0.05, 0.1) is 6.20 Å². The first kappa shape index (κ1) is 11.7. The molecule has 1 heterocycles. The van der Waals surface area contributed by atoms with Gasteiger partial charge in [-0.2, -0.15) is 0 Å². The Kier molecular flexibility index (Phi) is 4.79. The number of halogens is 1. The standard InChI is InChI=1S/C12H15FN2/c1-3-4-5-6-15-10(2)11-7-12(13)9-14-8-11/h7-10,15H,5-6H2,1-2H3. The van der Waals surface area contributed by atoms with E-state index in [4.69, 9.17) is 0 Å². The molecule has 1 rings (SSSR count). The number of aromatic nitrogens is 1. The number of pyridine rings is 1. The topological polar surface area (TPSA) is 24.9 Å². The number of nitrogens with one attached hydrogen (secondary N) is 1. The van der Waals surface area contributed by atoms with Crippen molar-refractivity contribution in [3.8, 4) is 11.8 Å². The molecule has 0 saturated carbocycles. The summed E-state index contributed by atoms with van der Waals surface area (Å²) >= 11 is 0. The Morgan fingerprint density at radius 1 is 1.53 bits per heavy atom. The molecule has 1 aromatic rings. The van der Waals surface area contributed by atoms with Crippen LogP contribution in [0.25, 0.3) is 0 Å². The highest BCUT2D eigenvalue weighted by molar-refractivity contribution is 5.14. The Labute approximate surface area is 89.9 Å². The molecule has 80 valence electrons. The highest BCUT2D eigenvalue weighted by Gasteiger charge is 2.04. The third-order valence-electron chi connectivity index (χ3n) is 2.10. The third-order valence-corrected chi connectivity index (χ3v) is 2.10. The van der Waals surface area contributed by atoms with Crippen LogP contribution in [0.5, 0.6) is 0 Å². The fourth-order valence-electron chi connectivity index (χ4n) is 1.26. The Balaban J connectivity index is 2.45. The molecule has 0 aliphatic rings. The Hall–Kier alpha value is -1.40. The lowest BCUT2D eigenvalue weighted by Gasteiger charge is -2.12. The summed E-state index contributed by atoms with van der Waals surface area (Å²) in [5.41, 5.74) is 0.861. The normalized spacial score (nSPS) is 11.7. The lowest BCUT2D eigenvalue weighted by molar-refractivity contribution is 0.568. The summed E-state index contributed by atoms with van der Waals surface area (Å²) < 4.78 is 12.9. The van der Waals surface area contributed by atoms with Gasteiger partial charge in [0.1, 0.15) is 5.82 Å². The van der Waals surface area contributed by atoms with E-state index in [0.29, 0.717) is 0 Å². The molecule has 1 atom stereocenters. The Morgan fingerprint density at radius 3 is 3.00 bits per heavy atom. The van der Waals surface area contributed by atoms with E-state index in [1.807, 2.05) is 13.8 Å². The fraction of sp³-hybridized carbons (Fsp3) is 0.417. The van der Waals surface area contributed by atoms with Crippen molar-refractivity contribution in [2.45, 2.75) is 26.3 Å². The van der Waals surface area contributed by atoms with Crippen molar-refractivity contribution in [3.05, 3.63) is 29.8 Å². The summed E-state index contributed by atoms with van der Waals surface area (Å²) in [5.74, 6) is 5.50. The van der Waals surface area contributed by atoms with Crippen LogP contribution in [0.4, 0.5) is 4.39 Å². The molecule has 0 saturated heterocycles. The lowest BCUT2D eigenvalue weighted by Crippen LogP contribution is -2.19. The van der Waals surface area contributed by atoms with E-state index in [1.54, 1.807) is 6.20 Å². The molecule has 1 unspecified atom stereocenters. The number of hydrogen-bond acceptors (Lipinski definition) is 2. The van der Waals surface area contributed by atoms with Crippen LogP contribution in [0.15, 0.2) is 18.5 Å². The maximum atomic E-state index is 12.9. The number of rotatable bonds is 4. The molecular formula is C12H15FN2. The summed E-state index contributed by atoms with van der Waals surface area (Å²) in [6.07, 6.45) is 3.69. The molecule has 0 amide bonds. The van der Waals surface area contributed by atoms with E-state index in [1.165, 1.54) is 12.3 Å². The molecule has 0 fully saturated rings. The summed E-state index contributed by atoms with van der Waals surface area (Å²) in [5, 5.41) is 3.25. The van der Waals surface area contributed by atoms with Crippen LogP contribution in [-0.2, 0) is 0 Å². The van der Waals surface area contributed by atoms with Gasteiger partial charge in [-0.05, 0) is 25.5 Å². The molecule has 3 heteroatoms. The van der Waals surface area contributed by atoms with Crippen LogP contribution in [0.2, 0.25) is 0 Å². The molecule has 0 radical (unpaired) electrons. The van der Waals surface area contributed by atoms with Crippen LogP contribution in [-0.4, -0.2) is 11.5 Å². The van der Waals surface area contributed by atoms with Gasteiger partial charge >= 0.3 is 0 Å². The molecule has 0 aromatic carbocycles.